The molecule has 19 heavy (non-hydrogen) atoms. The quantitative estimate of drug-likeness (QED) is 0.868. The average Bonchev–Trinajstić information content (AvgIpc) is 2.47. The van der Waals surface area contributed by atoms with E-state index in [4.69, 9.17) is 10.5 Å². The van der Waals surface area contributed by atoms with Crippen molar-refractivity contribution in [2.24, 2.45) is 5.73 Å². The highest BCUT2D eigenvalue weighted by molar-refractivity contribution is 5.76. The number of carbonyl (C=O) groups excluding carboxylic acids is 1. The second kappa shape index (κ2) is 6.43. The molecule has 0 aliphatic carbocycles. The smallest absolute Gasteiger partial charge is 0.223 e. The van der Waals surface area contributed by atoms with Crippen molar-refractivity contribution in [1.82, 2.24) is 4.90 Å². The van der Waals surface area contributed by atoms with E-state index < -0.39 is 0 Å². The van der Waals surface area contributed by atoms with E-state index in [0.29, 0.717) is 13.0 Å². The van der Waals surface area contributed by atoms with Gasteiger partial charge < -0.3 is 20.3 Å². The second-order valence-corrected chi connectivity index (χ2v) is 4.58. The van der Waals surface area contributed by atoms with Crippen molar-refractivity contribution in [1.29, 1.82) is 0 Å². The molecule has 5 heteroatoms. The number of para-hydroxylation sites is 2. The summed E-state index contributed by atoms with van der Waals surface area (Å²) in [5.74, 6) is 1.03. The van der Waals surface area contributed by atoms with Crippen molar-refractivity contribution < 1.29 is 9.53 Å². The molecule has 1 aromatic rings. The molecule has 0 saturated carbocycles. The predicted molar refractivity (Wildman–Crippen MR) is 75.5 cm³/mol. The number of nitrogens with two attached hydrogens (primary N) is 1. The minimum absolute atomic E-state index is 0.155. The third kappa shape index (κ3) is 3.17. The Balaban J connectivity index is 1.98. The van der Waals surface area contributed by atoms with Gasteiger partial charge in [0.15, 0.2) is 0 Å². The third-order valence-corrected chi connectivity index (χ3v) is 3.42. The predicted octanol–water partition coefficient (Wildman–Crippen LogP) is 0.693. The zero-order valence-electron chi connectivity index (χ0n) is 11.3. The SMILES string of the molecule is COc1ccccc1N1CCN(C(=O)CCN)CC1. The zero-order valence-corrected chi connectivity index (χ0v) is 11.3. The monoisotopic (exact) mass is 263 g/mol. The molecule has 0 spiro atoms. The molecule has 0 radical (unpaired) electrons. The Morgan fingerprint density at radius 2 is 1.95 bits per heavy atom. The molecular weight excluding hydrogens is 242 g/mol. The van der Waals surface area contributed by atoms with Crippen molar-refractivity contribution in [3.63, 3.8) is 0 Å². The number of hydrogen-bond acceptors (Lipinski definition) is 4. The lowest BCUT2D eigenvalue weighted by Crippen LogP contribution is -2.49. The summed E-state index contributed by atoms with van der Waals surface area (Å²) in [5.41, 5.74) is 6.51. The van der Waals surface area contributed by atoms with Gasteiger partial charge in [0.1, 0.15) is 5.75 Å². The van der Waals surface area contributed by atoms with Crippen LogP contribution in [0.2, 0.25) is 0 Å². The molecule has 0 aromatic heterocycles. The van der Waals surface area contributed by atoms with Gasteiger partial charge in [0.05, 0.1) is 12.8 Å². The van der Waals surface area contributed by atoms with Crippen molar-refractivity contribution >= 4 is 11.6 Å². The first kappa shape index (κ1) is 13.7. The summed E-state index contributed by atoms with van der Waals surface area (Å²) in [5, 5.41) is 0. The number of nitrogens with zero attached hydrogens (tertiary/aromatic N) is 2. The Hall–Kier alpha value is -1.75. The van der Waals surface area contributed by atoms with E-state index in [1.54, 1.807) is 7.11 Å². The summed E-state index contributed by atoms with van der Waals surface area (Å²) in [6.45, 7) is 3.58. The Morgan fingerprint density at radius 1 is 1.26 bits per heavy atom. The van der Waals surface area contributed by atoms with E-state index in [0.717, 1.165) is 37.6 Å². The number of benzene rings is 1. The number of hydrogen-bond donors (Lipinski definition) is 1. The lowest BCUT2D eigenvalue weighted by Gasteiger charge is -2.36. The summed E-state index contributed by atoms with van der Waals surface area (Å²) in [7, 11) is 1.68. The molecule has 0 bridgehead atoms. The van der Waals surface area contributed by atoms with Gasteiger partial charge in [-0.15, -0.1) is 0 Å². The molecule has 0 unspecified atom stereocenters. The maximum atomic E-state index is 11.8. The lowest BCUT2D eigenvalue weighted by atomic mass is 10.2. The van der Waals surface area contributed by atoms with E-state index in [1.807, 2.05) is 23.1 Å². The zero-order chi connectivity index (χ0) is 13.7. The number of rotatable bonds is 4. The number of methoxy groups -OCH3 is 1. The molecule has 1 aromatic carbocycles. The van der Waals surface area contributed by atoms with Crippen molar-refractivity contribution in [3.8, 4) is 5.75 Å². The average molecular weight is 263 g/mol. The van der Waals surface area contributed by atoms with Crippen LogP contribution in [-0.2, 0) is 4.79 Å². The van der Waals surface area contributed by atoms with Gasteiger partial charge in [-0.3, -0.25) is 4.79 Å². The van der Waals surface area contributed by atoms with Gasteiger partial charge in [-0.05, 0) is 12.1 Å². The first-order valence-corrected chi connectivity index (χ1v) is 6.62. The lowest BCUT2D eigenvalue weighted by molar-refractivity contribution is -0.131. The highest BCUT2D eigenvalue weighted by atomic mass is 16.5. The van der Waals surface area contributed by atoms with Crippen LogP contribution in [0.25, 0.3) is 0 Å². The standard InChI is InChI=1S/C14H21N3O2/c1-19-13-5-3-2-4-12(13)16-8-10-17(11-9-16)14(18)6-7-15/h2-5H,6-11,15H2,1H3. The van der Waals surface area contributed by atoms with Crippen LogP contribution in [0.3, 0.4) is 0 Å². The Morgan fingerprint density at radius 3 is 2.58 bits per heavy atom. The molecule has 1 fully saturated rings. The summed E-state index contributed by atoms with van der Waals surface area (Å²) in [4.78, 5) is 15.9. The fourth-order valence-electron chi connectivity index (χ4n) is 2.37. The number of carbonyl (C=O) groups is 1. The number of anilines is 1. The molecule has 1 aliphatic heterocycles. The normalized spacial score (nSPS) is 15.5. The Labute approximate surface area is 113 Å². The largest absolute Gasteiger partial charge is 0.495 e. The molecular formula is C14H21N3O2. The fraction of sp³-hybridized carbons (Fsp3) is 0.500. The molecule has 2 rings (SSSR count). The summed E-state index contributed by atoms with van der Waals surface area (Å²) in [6, 6.07) is 7.98. The van der Waals surface area contributed by atoms with E-state index in [9.17, 15) is 4.79 Å². The van der Waals surface area contributed by atoms with E-state index in [1.165, 1.54) is 0 Å². The van der Waals surface area contributed by atoms with Gasteiger partial charge in [0.2, 0.25) is 5.91 Å². The van der Waals surface area contributed by atoms with Crippen LogP contribution in [0.4, 0.5) is 5.69 Å². The fourth-order valence-corrected chi connectivity index (χ4v) is 2.37. The number of ether oxygens (including phenoxy) is 1. The Bertz CT molecular complexity index is 428. The Kier molecular flexibility index (Phi) is 4.63. The van der Waals surface area contributed by atoms with Crippen LogP contribution in [0.15, 0.2) is 24.3 Å². The molecule has 2 N–H and O–H groups in total. The van der Waals surface area contributed by atoms with E-state index in [2.05, 4.69) is 11.0 Å². The van der Waals surface area contributed by atoms with Crippen molar-refractivity contribution in [2.45, 2.75) is 6.42 Å². The molecule has 1 saturated heterocycles. The molecule has 5 nitrogen and oxygen atoms in total. The van der Waals surface area contributed by atoms with Gasteiger partial charge in [-0.2, -0.15) is 0 Å². The maximum absolute atomic E-state index is 11.8. The van der Waals surface area contributed by atoms with Crippen LogP contribution >= 0.6 is 0 Å². The van der Waals surface area contributed by atoms with E-state index >= 15 is 0 Å². The first-order chi connectivity index (χ1) is 9.26. The van der Waals surface area contributed by atoms with Crippen LogP contribution in [0.1, 0.15) is 6.42 Å². The minimum Gasteiger partial charge on any atom is -0.495 e. The molecule has 1 aliphatic rings. The van der Waals surface area contributed by atoms with E-state index in [-0.39, 0.29) is 5.91 Å². The third-order valence-electron chi connectivity index (χ3n) is 3.42. The van der Waals surface area contributed by atoms with Crippen LogP contribution in [-0.4, -0.2) is 50.6 Å². The summed E-state index contributed by atoms with van der Waals surface area (Å²) >= 11 is 0. The molecule has 0 atom stereocenters. The van der Waals surface area contributed by atoms with Crippen LogP contribution in [0, 0.1) is 0 Å². The van der Waals surface area contributed by atoms with Gasteiger partial charge in [0, 0.05) is 39.1 Å². The van der Waals surface area contributed by atoms with Crippen molar-refractivity contribution in [3.05, 3.63) is 24.3 Å². The molecule has 1 amide bonds. The number of amides is 1. The minimum atomic E-state index is 0.155. The second-order valence-electron chi connectivity index (χ2n) is 4.58. The first-order valence-electron chi connectivity index (χ1n) is 6.62. The van der Waals surface area contributed by atoms with Gasteiger partial charge in [-0.25, -0.2) is 0 Å². The topological polar surface area (TPSA) is 58.8 Å². The van der Waals surface area contributed by atoms with Crippen molar-refractivity contribution in [2.75, 3.05) is 44.7 Å². The highest BCUT2D eigenvalue weighted by Crippen LogP contribution is 2.28. The maximum Gasteiger partial charge on any atom is 0.223 e. The van der Waals surface area contributed by atoms with Crippen LogP contribution < -0.4 is 15.4 Å². The molecule has 104 valence electrons. The summed E-state index contributed by atoms with van der Waals surface area (Å²) in [6.07, 6.45) is 0.439. The van der Waals surface area contributed by atoms with Gasteiger partial charge in [-0.1, -0.05) is 12.1 Å². The van der Waals surface area contributed by atoms with Gasteiger partial charge in [0.25, 0.3) is 0 Å². The van der Waals surface area contributed by atoms with Crippen LogP contribution in [0.5, 0.6) is 5.75 Å². The molecule has 1 heterocycles. The van der Waals surface area contributed by atoms with Gasteiger partial charge >= 0.3 is 0 Å². The summed E-state index contributed by atoms with van der Waals surface area (Å²) < 4.78 is 5.37. The highest BCUT2D eigenvalue weighted by Gasteiger charge is 2.22. The number of piperazine rings is 1.